The third kappa shape index (κ3) is 4.41. The summed E-state index contributed by atoms with van der Waals surface area (Å²) in [6.07, 6.45) is 4.83. The Kier molecular flexibility index (Phi) is 6.06. The average Bonchev–Trinajstić information content (AvgIpc) is 3.46. The minimum Gasteiger partial charge on any atom is -0.369 e. The van der Waals surface area contributed by atoms with E-state index in [1.54, 1.807) is 17.6 Å². The molecule has 0 radical (unpaired) electrons. The molecule has 2 atom stereocenters. The SMILES string of the molecule is Cc1c(F)c(F)cc([C@H](C)Nc2nccc(-n3c(N)nc4cc(CC5CCCN5)ccc43)n2)c1F. The molecule has 1 aliphatic heterocycles. The van der Waals surface area contributed by atoms with E-state index in [9.17, 15) is 13.2 Å². The first-order chi connectivity index (χ1) is 16.8. The van der Waals surface area contributed by atoms with Crippen LogP contribution < -0.4 is 16.4 Å². The van der Waals surface area contributed by atoms with Gasteiger partial charge in [0.2, 0.25) is 11.9 Å². The highest BCUT2D eigenvalue weighted by molar-refractivity contribution is 5.81. The molecule has 3 heterocycles. The zero-order valence-corrected chi connectivity index (χ0v) is 19.4. The quantitative estimate of drug-likeness (QED) is 0.349. The molecular formula is C25H26F3N7. The summed E-state index contributed by atoms with van der Waals surface area (Å²) in [7, 11) is 0. The van der Waals surface area contributed by atoms with Crippen molar-refractivity contribution < 1.29 is 13.2 Å². The summed E-state index contributed by atoms with van der Waals surface area (Å²) in [6.45, 7) is 3.87. The van der Waals surface area contributed by atoms with Crippen LogP contribution in [0.2, 0.25) is 0 Å². The van der Waals surface area contributed by atoms with E-state index in [1.165, 1.54) is 25.1 Å². The van der Waals surface area contributed by atoms with E-state index in [-0.39, 0.29) is 23.0 Å². The molecule has 0 bridgehead atoms. The molecule has 5 rings (SSSR count). The Balaban J connectivity index is 1.42. The molecule has 0 saturated carbocycles. The van der Waals surface area contributed by atoms with Crippen molar-refractivity contribution in [2.24, 2.45) is 0 Å². The fourth-order valence-electron chi connectivity index (χ4n) is 4.61. The molecule has 35 heavy (non-hydrogen) atoms. The summed E-state index contributed by atoms with van der Waals surface area (Å²) in [5.41, 5.74) is 8.59. The van der Waals surface area contributed by atoms with Gasteiger partial charge in [0.25, 0.3) is 0 Å². The van der Waals surface area contributed by atoms with Crippen molar-refractivity contribution in [1.29, 1.82) is 0 Å². The lowest BCUT2D eigenvalue weighted by molar-refractivity contribution is 0.478. The Morgan fingerprint density at radius 1 is 1.17 bits per heavy atom. The number of benzene rings is 2. The lowest BCUT2D eigenvalue weighted by Gasteiger charge is -2.17. The van der Waals surface area contributed by atoms with Crippen molar-refractivity contribution in [1.82, 2.24) is 24.8 Å². The molecule has 0 amide bonds. The number of fused-ring (bicyclic) bond motifs is 1. The van der Waals surface area contributed by atoms with Gasteiger partial charge in [0, 0.05) is 29.4 Å². The summed E-state index contributed by atoms with van der Waals surface area (Å²) in [5, 5.41) is 6.46. The molecule has 4 N–H and O–H groups in total. The monoisotopic (exact) mass is 481 g/mol. The zero-order chi connectivity index (χ0) is 24.7. The average molecular weight is 482 g/mol. The van der Waals surface area contributed by atoms with Gasteiger partial charge in [-0.05, 0) is 63.4 Å². The van der Waals surface area contributed by atoms with Crippen LogP contribution in [0.25, 0.3) is 16.9 Å². The first kappa shape index (κ1) is 23.1. The van der Waals surface area contributed by atoms with Crippen LogP contribution >= 0.6 is 0 Å². The normalized spacial score (nSPS) is 16.7. The maximum absolute atomic E-state index is 14.6. The van der Waals surface area contributed by atoms with Crippen LogP contribution in [0.15, 0.2) is 36.5 Å². The highest BCUT2D eigenvalue weighted by atomic mass is 19.2. The van der Waals surface area contributed by atoms with Gasteiger partial charge in [0.1, 0.15) is 11.6 Å². The van der Waals surface area contributed by atoms with Gasteiger partial charge in [-0.3, -0.25) is 4.57 Å². The van der Waals surface area contributed by atoms with Crippen LogP contribution in [0.3, 0.4) is 0 Å². The number of nitrogens with zero attached hydrogens (tertiary/aromatic N) is 4. The van der Waals surface area contributed by atoms with Crippen molar-refractivity contribution in [2.45, 2.75) is 45.2 Å². The summed E-state index contributed by atoms with van der Waals surface area (Å²) < 4.78 is 43.8. The molecule has 4 aromatic rings. The van der Waals surface area contributed by atoms with Crippen LogP contribution in [-0.2, 0) is 6.42 Å². The van der Waals surface area contributed by atoms with E-state index < -0.39 is 23.5 Å². The number of imidazole rings is 1. The highest BCUT2D eigenvalue weighted by Gasteiger charge is 2.21. The number of nitrogen functional groups attached to an aromatic ring is 1. The van der Waals surface area contributed by atoms with Crippen LogP contribution in [0.4, 0.5) is 25.1 Å². The molecule has 1 unspecified atom stereocenters. The second-order valence-corrected chi connectivity index (χ2v) is 8.93. The van der Waals surface area contributed by atoms with Gasteiger partial charge >= 0.3 is 0 Å². The van der Waals surface area contributed by atoms with Crippen molar-refractivity contribution in [3.05, 3.63) is 70.7 Å². The molecule has 2 aromatic carbocycles. The molecule has 1 fully saturated rings. The largest absolute Gasteiger partial charge is 0.369 e. The van der Waals surface area contributed by atoms with E-state index in [0.29, 0.717) is 11.9 Å². The Morgan fingerprint density at radius 2 is 2.00 bits per heavy atom. The van der Waals surface area contributed by atoms with Crippen molar-refractivity contribution in [3.63, 3.8) is 0 Å². The standard InChI is InChI=1S/C25H26F3N7/c1-13-22(27)17(12-18(26)23(13)28)14(2)32-25-31-9-7-21(34-25)35-20-6-5-15(10-16-4-3-8-30-16)11-19(20)33-24(35)29/h5-7,9,11-12,14,16,30H,3-4,8,10H2,1-2H3,(H2,29,33)(H,31,32,34)/t14-,16?/m0/s1. The maximum atomic E-state index is 14.6. The molecule has 2 aromatic heterocycles. The first-order valence-electron chi connectivity index (χ1n) is 11.6. The van der Waals surface area contributed by atoms with Crippen molar-refractivity contribution >= 4 is 22.9 Å². The number of hydrogen-bond acceptors (Lipinski definition) is 6. The number of nitrogens with two attached hydrogens (primary N) is 1. The van der Waals surface area contributed by atoms with Gasteiger partial charge in [0.15, 0.2) is 11.6 Å². The number of aromatic nitrogens is 4. The topological polar surface area (TPSA) is 93.7 Å². The molecule has 0 spiro atoms. The molecule has 0 aliphatic carbocycles. The summed E-state index contributed by atoms with van der Waals surface area (Å²) in [6, 6.07) is 8.37. The Hall–Kier alpha value is -3.66. The minimum absolute atomic E-state index is 0.0210. The molecule has 7 nitrogen and oxygen atoms in total. The van der Waals surface area contributed by atoms with Gasteiger partial charge in [-0.1, -0.05) is 6.07 Å². The molecule has 1 saturated heterocycles. The number of anilines is 2. The zero-order valence-electron chi connectivity index (χ0n) is 19.4. The highest BCUT2D eigenvalue weighted by Crippen LogP contribution is 2.28. The van der Waals surface area contributed by atoms with E-state index in [0.717, 1.165) is 36.5 Å². The lowest BCUT2D eigenvalue weighted by atomic mass is 10.0. The van der Waals surface area contributed by atoms with Crippen molar-refractivity contribution in [3.8, 4) is 5.82 Å². The van der Waals surface area contributed by atoms with E-state index >= 15 is 0 Å². The lowest BCUT2D eigenvalue weighted by Crippen LogP contribution is -2.23. The number of nitrogens with one attached hydrogen (secondary N) is 2. The predicted octanol–water partition coefficient (Wildman–Crippen LogP) is 4.59. The summed E-state index contributed by atoms with van der Waals surface area (Å²) in [5.74, 6) is -2.18. The molecular weight excluding hydrogens is 455 g/mol. The van der Waals surface area contributed by atoms with Crippen LogP contribution in [0.1, 0.15) is 42.5 Å². The fourth-order valence-corrected chi connectivity index (χ4v) is 4.61. The Morgan fingerprint density at radius 3 is 2.77 bits per heavy atom. The Bertz CT molecular complexity index is 1400. The second-order valence-electron chi connectivity index (χ2n) is 8.93. The van der Waals surface area contributed by atoms with Crippen LogP contribution in [0, 0.1) is 24.4 Å². The predicted molar refractivity (Wildman–Crippen MR) is 129 cm³/mol. The van der Waals surface area contributed by atoms with Crippen LogP contribution in [0.5, 0.6) is 0 Å². The molecule has 10 heteroatoms. The van der Waals surface area contributed by atoms with Crippen LogP contribution in [-0.4, -0.2) is 32.1 Å². The summed E-state index contributed by atoms with van der Waals surface area (Å²) in [4.78, 5) is 13.2. The number of rotatable bonds is 6. The molecule has 1 aliphatic rings. The number of hydrogen-bond donors (Lipinski definition) is 3. The minimum atomic E-state index is -1.19. The maximum Gasteiger partial charge on any atom is 0.225 e. The third-order valence-electron chi connectivity index (χ3n) is 6.48. The number of halogens is 3. The van der Waals surface area contributed by atoms with Gasteiger partial charge in [-0.2, -0.15) is 4.98 Å². The smallest absolute Gasteiger partial charge is 0.225 e. The third-order valence-corrected chi connectivity index (χ3v) is 6.48. The van der Waals surface area contributed by atoms with E-state index in [2.05, 4.69) is 31.7 Å². The second kappa shape index (κ2) is 9.18. The van der Waals surface area contributed by atoms with Gasteiger partial charge in [-0.15, -0.1) is 0 Å². The molecule has 182 valence electrons. The van der Waals surface area contributed by atoms with Gasteiger partial charge < -0.3 is 16.4 Å². The van der Waals surface area contributed by atoms with E-state index in [1.807, 2.05) is 12.1 Å². The Labute approximate surface area is 200 Å². The van der Waals surface area contributed by atoms with Crippen molar-refractivity contribution in [2.75, 3.05) is 17.6 Å². The van der Waals surface area contributed by atoms with E-state index in [4.69, 9.17) is 5.73 Å². The summed E-state index contributed by atoms with van der Waals surface area (Å²) >= 11 is 0. The van der Waals surface area contributed by atoms with Gasteiger partial charge in [0.05, 0.1) is 17.1 Å². The fraction of sp³-hybridized carbons (Fsp3) is 0.320. The van der Waals surface area contributed by atoms with Gasteiger partial charge in [-0.25, -0.2) is 23.1 Å². The first-order valence-corrected chi connectivity index (χ1v) is 11.6.